The van der Waals surface area contributed by atoms with Gasteiger partial charge in [0.25, 0.3) is 0 Å². The molecule has 2 aromatic rings. The van der Waals surface area contributed by atoms with Gasteiger partial charge in [-0.15, -0.1) is 0 Å². The monoisotopic (exact) mass is 380 g/mol. The molecule has 5 nitrogen and oxygen atoms in total. The summed E-state index contributed by atoms with van der Waals surface area (Å²) >= 11 is 12.2. The fraction of sp³-hybridized carbons (Fsp3) is 0.278. The van der Waals surface area contributed by atoms with Gasteiger partial charge in [-0.2, -0.15) is 0 Å². The number of esters is 1. The van der Waals surface area contributed by atoms with E-state index in [-0.39, 0.29) is 23.5 Å². The van der Waals surface area contributed by atoms with E-state index in [0.717, 1.165) is 6.42 Å². The highest BCUT2D eigenvalue weighted by Crippen LogP contribution is 2.24. The van der Waals surface area contributed by atoms with Crippen molar-refractivity contribution in [2.75, 3.05) is 11.9 Å². The molecule has 1 N–H and O–H groups in total. The molecule has 0 aliphatic heterocycles. The minimum atomic E-state index is -0.385. The summed E-state index contributed by atoms with van der Waals surface area (Å²) in [6.45, 7) is 4.08. The normalized spacial score (nSPS) is 10.4. The molecule has 7 heteroatoms. The van der Waals surface area contributed by atoms with Crippen molar-refractivity contribution in [2.24, 2.45) is 0 Å². The number of anilines is 1. The molecule has 0 fully saturated rings. The van der Waals surface area contributed by atoms with Gasteiger partial charge in [0, 0.05) is 22.0 Å². The Labute approximate surface area is 156 Å². The Balaban J connectivity index is 2.00. The zero-order chi connectivity index (χ0) is 18.4. The summed E-state index contributed by atoms with van der Waals surface area (Å²) in [6.07, 6.45) is 0.768. The first-order valence-electron chi connectivity index (χ1n) is 7.79. The standard InChI is InChI=1S/C18H18Cl2N2O3/c1-3-8-25-18(24)12-4-6-13(7-5-12)22-16(23)10-14-15(19)9-11(2)21-17(14)20/h4-7,9H,3,8,10H2,1-2H3,(H,22,23). The lowest BCUT2D eigenvalue weighted by atomic mass is 10.1. The topological polar surface area (TPSA) is 68.3 Å². The predicted octanol–water partition coefficient (Wildman–Crippen LogP) is 4.44. The van der Waals surface area contributed by atoms with Crippen LogP contribution in [0.1, 0.15) is 35.0 Å². The second kappa shape index (κ2) is 8.83. The number of halogens is 2. The number of hydrogen-bond acceptors (Lipinski definition) is 4. The predicted molar refractivity (Wildman–Crippen MR) is 98.3 cm³/mol. The van der Waals surface area contributed by atoms with Crippen LogP contribution in [0.3, 0.4) is 0 Å². The fourth-order valence-electron chi connectivity index (χ4n) is 2.11. The molecule has 0 unspecified atom stereocenters. The number of nitrogens with one attached hydrogen (secondary N) is 1. The van der Waals surface area contributed by atoms with Crippen LogP contribution in [-0.2, 0) is 16.0 Å². The van der Waals surface area contributed by atoms with Crippen molar-refractivity contribution in [3.05, 3.63) is 57.3 Å². The number of carbonyl (C=O) groups is 2. The smallest absolute Gasteiger partial charge is 0.338 e. The average molecular weight is 381 g/mol. The lowest BCUT2D eigenvalue weighted by molar-refractivity contribution is -0.115. The van der Waals surface area contributed by atoms with Crippen LogP contribution in [-0.4, -0.2) is 23.5 Å². The second-order valence-corrected chi connectivity index (χ2v) is 6.22. The van der Waals surface area contributed by atoms with Crippen molar-refractivity contribution < 1.29 is 14.3 Å². The van der Waals surface area contributed by atoms with Gasteiger partial charge in [0.1, 0.15) is 5.15 Å². The summed E-state index contributed by atoms with van der Waals surface area (Å²) in [4.78, 5) is 28.0. The molecule has 0 atom stereocenters. The highest BCUT2D eigenvalue weighted by molar-refractivity contribution is 6.35. The quantitative estimate of drug-likeness (QED) is 0.593. The molecule has 0 saturated carbocycles. The van der Waals surface area contributed by atoms with E-state index >= 15 is 0 Å². The van der Waals surface area contributed by atoms with E-state index < -0.39 is 0 Å². The molecule has 2 rings (SSSR count). The molecule has 0 bridgehead atoms. The van der Waals surface area contributed by atoms with Gasteiger partial charge in [0.05, 0.1) is 18.6 Å². The summed E-state index contributed by atoms with van der Waals surface area (Å²) in [6, 6.07) is 8.13. The highest BCUT2D eigenvalue weighted by atomic mass is 35.5. The van der Waals surface area contributed by atoms with Crippen molar-refractivity contribution >= 4 is 40.8 Å². The maximum absolute atomic E-state index is 12.2. The van der Waals surface area contributed by atoms with Crippen LogP contribution in [0.5, 0.6) is 0 Å². The molecule has 1 amide bonds. The Kier molecular flexibility index (Phi) is 6.79. The third-order valence-corrected chi connectivity index (χ3v) is 3.98. The summed E-state index contributed by atoms with van der Waals surface area (Å²) in [5, 5.41) is 3.35. The summed E-state index contributed by atoms with van der Waals surface area (Å²) < 4.78 is 5.05. The van der Waals surface area contributed by atoms with Gasteiger partial charge >= 0.3 is 5.97 Å². The number of aryl methyl sites for hydroxylation is 1. The minimum absolute atomic E-state index is 0.00520. The first-order valence-corrected chi connectivity index (χ1v) is 8.55. The number of hydrogen-bond donors (Lipinski definition) is 1. The summed E-state index contributed by atoms with van der Waals surface area (Å²) in [5.74, 6) is -0.667. The van der Waals surface area contributed by atoms with E-state index in [1.54, 1.807) is 37.3 Å². The molecule has 1 aromatic carbocycles. The van der Waals surface area contributed by atoms with Crippen molar-refractivity contribution in [1.29, 1.82) is 0 Å². The van der Waals surface area contributed by atoms with Gasteiger partial charge in [-0.1, -0.05) is 30.1 Å². The van der Waals surface area contributed by atoms with E-state index in [1.807, 2.05) is 6.92 Å². The van der Waals surface area contributed by atoms with E-state index in [4.69, 9.17) is 27.9 Å². The molecule has 1 aromatic heterocycles. The van der Waals surface area contributed by atoms with E-state index in [0.29, 0.717) is 34.1 Å². The second-order valence-electron chi connectivity index (χ2n) is 5.45. The zero-order valence-electron chi connectivity index (χ0n) is 13.9. The number of benzene rings is 1. The number of nitrogens with zero attached hydrogens (tertiary/aromatic N) is 1. The number of aromatic nitrogens is 1. The van der Waals surface area contributed by atoms with Crippen molar-refractivity contribution in [3.8, 4) is 0 Å². The Bertz CT molecular complexity index is 753. The van der Waals surface area contributed by atoms with Crippen molar-refractivity contribution in [1.82, 2.24) is 4.98 Å². The molecule has 0 radical (unpaired) electrons. The number of pyridine rings is 1. The molecular weight excluding hydrogens is 363 g/mol. The van der Waals surface area contributed by atoms with Crippen LogP contribution < -0.4 is 5.32 Å². The number of amides is 1. The molecule has 0 aliphatic rings. The third-order valence-electron chi connectivity index (χ3n) is 3.33. The van der Waals surface area contributed by atoms with E-state index in [9.17, 15) is 9.59 Å². The van der Waals surface area contributed by atoms with Gasteiger partial charge < -0.3 is 10.1 Å². The van der Waals surface area contributed by atoms with Crippen LogP contribution in [0, 0.1) is 6.92 Å². The lowest BCUT2D eigenvalue weighted by Crippen LogP contribution is -2.15. The number of ether oxygens (including phenoxy) is 1. The highest BCUT2D eigenvalue weighted by Gasteiger charge is 2.14. The van der Waals surface area contributed by atoms with Gasteiger partial charge in [-0.25, -0.2) is 9.78 Å². The minimum Gasteiger partial charge on any atom is -0.462 e. The molecule has 1 heterocycles. The average Bonchev–Trinajstić information content (AvgIpc) is 2.56. The molecule has 0 spiro atoms. The van der Waals surface area contributed by atoms with Crippen LogP contribution in [0.25, 0.3) is 0 Å². The Hall–Kier alpha value is -2.11. The first kappa shape index (κ1) is 19.2. The number of carbonyl (C=O) groups excluding carboxylic acids is 2. The van der Waals surface area contributed by atoms with Gasteiger partial charge in [-0.05, 0) is 43.7 Å². The van der Waals surface area contributed by atoms with E-state index in [2.05, 4.69) is 10.3 Å². The molecule has 0 aliphatic carbocycles. The largest absolute Gasteiger partial charge is 0.462 e. The third kappa shape index (κ3) is 5.44. The Morgan fingerprint density at radius 1 is 1.20 bits per heavy atom. The summed E-state index contributed by atoms with van der Waals surface area (Å²) in [5.41, 5.74) is 2.15. The molecule has 0 saturated heterocycles. The van der Waals surface area contributed by atoms with Gasteiger partial charge in [0.15, 0.2) is 0 Å². The zero-order valence-corrected chi connectivity index (χ0v) is 15.4. The molecule has 132 valence electrons. The van der Waals surface area contributed by atoms with Crippen LogP contribution in [0.15, 0.2) is 30.3 Å². The maximum atomic E-state index is 12.2. The lowest BCUT2D eigenvalue weighted by Gasteiger charge is -2.09. The SMILES string of the molecule is CCCOC(=O)c1ccc(NC(=O)Cc2c(Cl)cc(C)nc2Cl)cc1. The Morgan fingerprint density at radius 2 is 1.88 bits per heavy atom. The Morgan fingerprint density at radius 3 is 2.48 bits per heavy atom. The van der Waals surface area contributed by atoms with Crippen LogP contribution >= 0.6 is 23.2 Å². The molecule has 25 heavy (non-hydrogen) atoms. The van der Waals surface area contributed by atoms with Crippen molar-refractivity contribution in [3.63, 3.8) is 0 Å². The van der Waals surface area contributed by atoms with Gasteiger partial charge in [-0.3, -0.25) is 4.79 Å². The van der Waals surface area contributed by atoms with Crippen LogP contribution in [0.4, 0.5) is 5.69 Å². The number of rotatable bonds is 6. The van der Waals surface area contributed by atoms with Gasteiger partial charge in [0.2, 0.25) is 5.91 Å². The summed E-state index contributed by atoms with van der Waals surface area (Å²) in [7, 11) is 0. The first-order chi connectivity index (χ1) is 11.9. The fourth-order valence-corrected chi connectivity index (χ4v) is 2.78. The molecular formula is C18H18Cl2N2O3. The van der Waals surface area contributed by atoms with Crippen LogP contribution in [0.2, 0.25) is 10.2 Å². The van der Waals surface area contributed by atoms with Crippen molar-refractivity contribution in [2.45, 2.75) is 26.7 Å². The van der Waals surface area contributed by atoms with E-state index in [1.165, 1.54) is 0 Å². The maximum Gasteiger partial charge on any atom is 0.338 e.